The Morgan fingerprint density at radius 3 is 2.75 bits per heavy atom. The van der Waals surface area contributed by atoms with Crippen LogP contribution < -0.4 is 10.2 Å². The Morgan fingerprint density at radius 2 is 2.00 bits per heavy atom. The molecule has 0 fully saturated rings. The van der Waals surface area contributed by atoms with Crippen LogP contribution in [0.3, 0.4) is 0 Å². The molecule has 1 aliphatic rings. The first-order valence-electron chi connectivity index (χ1n) is 6.75. The number of quaternary nitrogens is 1. The van der Waals surface area contributed by atoms with E-state index >= 15 is 0 Å². The van der Waals surface area contributed by atoms with Gasteiger partial charge in [-0.3, -0.25) is 4.98 Å². The van der Waals surface area contributed by atoms with Crippen LogP contribution in [0.5, 0.6) is 0 Å². The molecule has 0 saturated carbocycles. The number of nitrogens with two attached hydrogens (primary N) is 1. The summed E-state index contributed by atoms with van der Waals surface area (Å²) in [5.74, 6) is 0.807. The van der Waals surface area contributed by atoms with Gasteiger partial charge < -0.3 is 5.73 Å². The van der Waals surface area contributed by atoms with E-state index in [1.807, 2.05) is 24.3 Å². The van der Waals surface area contributed by atoms with Gasteiger partial charge in [-0.2, -0.15) is 0 Å². The molecular weight excluding hydrogens is 270 g/mol. The van der Waals surface area contributed by atoms with Crippen molar-refractivity contribution in [3.05, 3.63) is 59.1 Å². The van der Waals surface area contributed by atoms with Gasteiger partial charge in [0.25, 0.3) is 0 Å². The number of halogens is 1. The highest BCUT2D eigenvalue weighted by molar-refractivity contribution is 6.33. The molecule has 0 amide bonds. The first-order chi connectivity index (χ1) is 9.70. The van der Waals surface area contributed by atoms with Crippen LogP contribution in [-0.2, 0) is 0 Å². The second-order valence-corrected chi connectivity index (χ2v) is 5.40. The van der Waals surface area contributed by atoms with Gasteiger partial charge in [-0.15, -0.1) is 0 Å². The fourth-order valence-electron chi connectivity index (χ4n) is 3.02. The Bertz CT molecular complexity index is 681. The van der Waals surface area contributed by atoms with E-state index in [0.717, 1.165) is 30.0 Å². The summed E-state index contributed by atoms with van der Waals surface area (Å²) in [5, 5.41) is 0.647. The second-order valence-electron chi connectivity index (χ2n) is 4.99. The average Bonchev–Trinajstić information content (AvgIpc) is 2.73. The number of fused-ring (bicyclic) bond motifs is 1. The Hall–Kier alpha value is -1.84. The van der Waals surface area contributed by atoms with Gasteiger partial charge in [0.05, 0.1) is 12.7 Å². The van der Waals surface area contributed by atoms with Gasteiger partial charge in [0.1, 0.15) is 5.02 Å². The van der Waals surface area contributed by atoms with E-state index in [-0.39, 0.29) is 0 Å². The summed E-state index contributed by atoms with van der Waals surface area (Å²) in [6, 6.07) is 10.2. The van der Waals surface area contributed by atoms with Gasteiger partial charge in [0.15, 0.2) is 11.4 Å². The maximum absolute atomic E-state index is 6.41. The lowest BCUT2D eigenvalue weighted by Crippen LogP contribution is -2.45. The van der Waals surface area contributed by atoms with Gasteiger partial charge in [-0.25, -0.2) is 4.48 Å². The quantitative estimate of drug-likeness (QED) is 0.865. The van der Waals surface area contributed by atoms with Gasteiger partial charge >= 0.3 is 0 Å². The summed E-state index contributed by atoms with van der Waals surface area (Å²) in [7, 11) is 0. The van der Waals surface area contributed by atoms with Gasteiger partial charge in [0, 0.05) is 30.0 Å². The number of rotatable bonds is 3. The summed E-state index contributed by atoms with van der Waals surface area (Å²) >= 11 is 6.40. The lowest BCUT2D eigenvalue weighted by molar-refractivity contribution is 0.467. The predicted molar refractivity (Wildman–Crippen MR) is 84.5 cm³/mol. The van der Waals surface area contributed by atoms with Crippen molar-refractivity contribution in [1.29, 1.82) is 0 Å². The number of nitrogens with zero attached hydrogens (tertiary/aromatic N) is 2. The van der Waals surface area contributed by atoms with Crippen molar-refractivity contribution in [2.24, 2.45) is 5.73 Å². The predicted octanol–water partition coefficient (Wildman–Crippen LogP) is 4.05. The maximum Gasteiger partial charge on any atom is 0.209 e. The van der Waals surface area contributed by atoms with Crippen molar-refractivity contribution in [2.75, 3.05) is 6.54 Å². The standard InChI is InChI=1S/C16H17ClN3/c1-2-9-20(15-7-8-19-11-13(15)17)14-6-4-3-5-12(14)10-16(20)18/h3-8,10-11H,2,9,18H2,1H3/q+1. The third-order valence-electron chi connectivity index (χ3n) is 3.81. The molecular formula is C16H17ClN3+. The smallest absolute Gasteiger partial charge is 0.209 e. The third kappa shape index (κ3) is 1.74. The van der Waals surface area contributed by atoms with E-state index in [9.17, 15) is 0 Å². The van der Waals surface area contributed by atoms with Crippen LogP contribution >= 0.6 is 11.6 Å². The number of pyridine rings is 1. The molecule has 3 nitrogen and oxygen atoms in total. The SMILES string of the molecule is CCC[N+]1(c2ccncc2Cl)C(N)=Cc2ccccc21. The average molecular weight is 287 g/mol. The van der Waals surface area contributed by atoms with Crippen LogP contribution in [0.4, 0.5) is 11.4 Å². The highest BCUT2D eigenvalue weighted by atomic mass is 35.5. The molecule has 0 bridgehead atoms. The minimum atomic E-state index is 0.494. The molecule has 2 N–H and O–H groups in total. The van der Waals surface area contributed by atoms with Gasteiger partial charge in [-0.05, 0) is 12.5 Å². The molecule has 102 valence electrons. The summed E-state index contributed by atoms with van der Waals surface area (Å²) in [6.45, 7) is 3.03. The van der Waals surface area contributed by atoms with Crippen molar-refractivity contribution >= 4 is 29.1 Å². The van der Waals surface area contributed by atoms with Crippen molar-refractivity contribution in [2.45, 2.75) is 13.3 Å². The summed E-state index contributed by atoms with van der Waals surface area (Å²) in [5.41, 5.74) is 9.73. The first kappa shape index (κ1) is 13.2. The zero-order valence-corrected chi connectivity index (χ0v) is 12.1. The van der Waals surface area contributed by atoms with Crippen LogP contribution in [0.1, 0.15) is 18.9 Å². The summed E-state index contributed by atoms with van der Waals surface area (Å²) in [6.07, 6.45) is 6.50. The van der Waals surface area contributed by atoms with Gasteiger partial charge in [0.2, 0.25) is 5.82 Å². The van der Waals surface area contributed by atoms with Crippen LogP contribution in [0.15, 0.2) is 48.5 Å². The molecule has 3 rings (SSSR count). The highest BCUT2D eigenvalue weighted by Gasteiger charge is 2.43. The van der Waals surface area contributed by atoms with E-state index in [2.05, 4.69) is 24.0 Å². The monoisotopic (exact) mass is 286 g/mol. The number of benzene rings is 1. The third-order valence-corrected chi connectivity index (χ3v) is 4.10. The molecule has 0 spiro atoms. The number of hydrogen-bond donors (Lipinski definition) is 1. The normalized spacial score (nSPS) is 20.6. The Labute approximate surface area is 123 Å². The van der Waals surface area contributed by atoms with E-state index in [4.69, 9.17) is 17.3 Å². The molecule has 1 aromatic carbocycles. The van der Waals surface area contributed by atoms with E-state index < -0.39 is 0 Å². The van der Waals surface area contributed by atoms with E-state index in [1.165, 1.54) is 5.69 Å². The van der Waals surface area contributed by atoms with Crippen molar-refractivity contribution in [3.8, 4) is 0 Å². The van der Waals surface area contributed by atoms with Crippen molar-refractivity contribution in [1.82, 2.24) is 9.47 Å². The summed E-state index contributed by atoms with van der Waals surface area (Å²) in [4.78, 5) is 4.09. The Balaban J connectivity index is 2.30. The molecule has 2 heterocycles. The zero-order chi connectivity index (χ0) is 14.2. The summed E-state index contributed by atoms with van der Waals surface area (Å²) < 4.78 is 0.494. The molecule has 2 aromatic rings. The molecule has 4 heteroatoms. The minimum Gasteiger partial charge on any atom is -0.354 e. The molecule has 0 radical (unpaired) electrons. The minimum absolute atomic E-state index is 0.494. The molecule has 1 aromatic heterocycles. The van der Waals surface area contributed by atoms with Crippen LogP contribution in [0.25, 0.3) is 6.08 Å². The fourth-order valence-corrected chi connectivity index (χ4v) is 3.28. The highest BCUT2D eigenvalue weighted by Crippen LogP contribution is 2.47. The Morgan fingerprint density at radius 1 is 1.20 bits per heavy atom. The molecule has 1 atom stereocenters. The number of para-hydroxylation sites is 1. The number of hydrogen-bond acceptors (Lipinski definition) is 2. The van der Waals surface area contributed by atoms with Crippen LogP contribution in [-0.4, -0.2) is 11.5 Å². The van der Waals surface area contributed by atoms with E-state index in [1.54, 1.807) is 12.4 Å². The Kier molecular flexibility index (Phi) is 3.24. The van der Waals surface area contributed by atoms with E-state index in [0.29, 0.717) is 9.51 Å². The zero-order valence-electron chi connectivity index (χ0n) is 11.4. The molecule has 1 unspecified atom stereocenters. The van der Waals surface area contributed by atoms with Crippen LogP contribution in [0, 0.1) is 0 Å². The molecule has 1 aliphatic heterocycles. The van der Waals surface area contributed by atoms with Crippen molar-refractivity contribution in [3.63, 3.8) is 0 Å². The lowest BCUT2D eigenvalue weighted by atomic mass is 10.1. The molecule has 0 aliphatic carbocycles. The van der Waals surface area contributed by atoms with Crippen molar-refractivity contribution < 1.29 is 0 Å². The topological polar surface area (TPSA) is 38.9 Å². The second kappa shape index (κ2) is 4.93. The van der Waals surface area contributed by atoms with Crippen LogP contribution in [0.2, 0.25) is 5.02 Å². The fraction of sp³-hybridized carbons (Fsp3) is 0.188. The molecule has 0 saturated heterocycles. The maximum atomic E-state index is 6.41. The molecule has 20 heavy (non-hydrogen) atoms. The largest absolute Gasteiger partial charge is 0.354 e. The number of aromatic nitrogens is 1. The lowest BCUT2D eigenvalue weighted by Gasteiger charge is -2.34. The van der Waals surface area contributed by atoms with Gasteiger partial charge in [-0.1, -0.05) is 30.7 Å². The first-order valence-corrected chi connectivity index (χ1v) is 7.13.